The maximum Gasteiger partial charge on any atom is 0.238 e. The number of carbonyl (C=O) groups is 1. The fraction of sp³-hybridized carbons (Fsp3) is 0.857. The summed E-state index contributed by atoms with van der Waals surface area (Å²) in [5.74, 6) is 4.83. The van der Waals surface area contributed by atoms with Gasteiger partial charge in [0.1, 0.15) is 0 Å². The Morgan fingerprint density at radius 2 is 2.00 bits per heavy atom. The number of hydrazine groups is 1. The van der Waals surface area contributed by atoms with Crippen LogP contribution in [-0.4, -0.2) is 11.9 Å². The molecule has 4 nitrogen and oxygen atoms in total. The Bertz CT molecular complexity index is 149. The molecular weight excluding hydrogens is 142 g/mol. The summed E-state index contributed by atoms with van der Waals surface area (Å²) in [5, 5.41) is 0. The number of amides is 1. The minimum Gasteiger partial charge on any atom is -0.327 e. The van der Waals surface area contributed by atoms with E-state index in [4.69, 9.17) is 11.6 Å². The summed E-state index contributed by atoms with van der Waals surface area (Å²) in [5.41, 5.74) is 7.89. The molecule has 1 aliphatic rings. The van der Waals surface area contributed by atoms with Crippen LogP contribution in [0.2, 0.25) is 0 Å². The average Bonchev–Trinajstić information content (AvgIpc) is 2.04. The van der Waals surface area contributed by atoms with Crippen LogP contribution in [-0.2, 0) is 4.79 Å². The van der Waals surface area contributed by atoms with Gasteiger partial charge in [0, 0.05) is 6.04 Å². The lowest BCUT2D eigenvalue weighted by Gasteiger charge is -2.26. The van der Waals surface area contributed by atoms with Crippen LogP contribution in [0, 0.1) is 5.92 Å². The molecule has 0 spiro atoms. The summed E-state index contributed by atoms with van der Waals surface area (Å²) in [6, 6.07) is 0.00676. The van der Waals surface area contributed by atoms with Gasteiger partial charge in [0.2, 0.25) is 5.91 Å². The molecule has 5 N–H and O–H groups in total. The van der Waals surface area contributed by atoms with Gasteiger partial charge in [-0.15, -0.1) is 0 Å². The van der Waals surface area contributed by atoms with E-state index in [2.05, 4.69) is 5.43 Å². The maximum absolute atomic E-state index is 11.1. The first-order valence-electron chi connectivity index (χ1n) is 4.01. The minimum absolute atomic E-state index is 0.00676. The van der Waals surface area contributed by atoms with Crippen molar-refractivity contribution in [3.8, 4) is 0 Å². The monoisotopic (exact) mass is 157 g/mol. The highest BCUT2D eigenvalue weighted by molar-refractivity contribution is 5.78. The zero-order valence-electron chi connectivity index (χ0n) is 6.55. The molecule has 11 heavy (non-hydrogen) atoms. The van der Waals surface area contributed by atoms with E-state index in [0.29, 0.717) is 0 Å². The van der Waals surface area contributed by atoms with Crippen molar-refractivity contribution in [2.45, 2.75) is 31.7 Å². The first-order valence-corrected chi connectivity index (χ1v) is 4.01. The molecule has 4 heteroatoms. The zero-order chi connectivity index (χ0) is 8.27. The van der Waals surface area contributed by atoms with Crippen molar-refractivity contribution in [2.75, 3.05) is 0 Å². The maximum atomic E-state index is 11.1. The molecule has 1 aliphatic carbocycles. The fourth-order valence-electron chi connectivity index (χ4n) is 1.59. The van der Waals surface area contributed by atoms with E-state index in [1.54, 1.807) is 0 Å². The topological polar surface area (TPSA) is 81.1 Å². The summed E-state index contributed by atoms with van der Waals surface area (Å²) >= 11 is 0. The molecule has 1 amide bonds. The lowest BCUT2D eigenvalue weighted by Crippen LogP contribution is -2.45. The normalized spacial score (nSPS) is 31.5. The summed E-state index contributed by atoms with van der Waals surface area (Å²) in [6.45, 7) is 0. The second-order valence-corrected chi connectivity index (χ2v) is 3.06. The molecule has 0 saturated heterocycles. The van der Waals surface area contributed by atoms with Crippen LogP contribution in [0.3, 0.4) is 0 Å². The second-order valence-electron chi connectivity index (χ2n) is 3.06. The Hall–Kier alpha value is -0.610. The van der Waals surface area contributed by atoms with E-state index < -0.39 is 0 Å². The molecule has 0 radical (unpaired) electrons. The van der Waals surface area contributed by atoms with Crippen LogP contribution in [0.1, 0.15) is 25.7 Å². The Morgan fingerprint density at radius 3 is 2.55 bits per heavy atom. The van der Waals surface area contributed by atoms with Crippen molar-refractivity contribution >= 4 is 5.91 Å². The Balaban J connectivity index is 2.47. The fourth-order valence-corrected chi connectivity index (χ4v) is 1.59. The average molecular weight is 157 g/mol. The summed E-state index contributed by atoms with van der Waals surface area (Å²) in [6.07, 6.45) is 4.05. The first-order chi connectivity index (χ1) is 5.25. The highest BCUT2D eigenvalue weighted by Crippen LogP contribution is 2.22. The van der Waals surface area contributed by atoms with E-state index in [1.165, 1.54) is 0 Å². The van der Waals surface area contributed by atoms with Crippen molar-refractivity contribution in [2.24, 2.45) is 17.5 Å². The molecule has 0 aliphatic heterocycles. The number of nitrogens with two attached hydrogens (primary N) is 2. The number of rotatable bonds is 1. The Morgan fingerprint density at radius 1 is 1.36 bits per heavy atom. The third-order valence-electron chi connectivity index (χ3n) is 2.30. The summed E-state index contributed by atoms with van der Waals surface area (Å²) in [4.78, 5) is 11.1. The van der Waals surface area contributed by atoms with E-state index in [9.17, 15) is 4.79 Å². The highest BCUT2D eigenvalue weighted by atomic mass is 16.2. The number of hydrogen-bond donors (Lipinski definition) is 3. The molecule has 64 valence electrons. The van der Waals surface area contributed by atoms with Crippen LogP contribution in [0.25, 0.3) is 0 Å². The van der Waals surface area contributed by atoms with Gasteiger partial charge in [-0.1, -0.05) is 12.8 Å². The van der Waals surface area contributed by atoms with Crippen LogP contribution < -0.4 is 17.0 Å². The van der Waals surface area contributed by atoms with Crippen LogP contribution in [0.5, 0.6) is 0 Å². The number of carbonyl (C=O) groups excluding carboxylic acids is 1. The Kier molecular flexibility index (Phi) is 2.84. The van der Waals surface area contributed by atoms with Crippen LogP contribution in [0.4, 0.5) is 0 Å². The van der Waals surface area contributed by atoms with Crippen LogP contribution in [0.15, 0.2) is 0 Å². The Labute approximate surface area is 66.3 Å². The lowest BCUT2D eigenvalue weighted by molar-refractivity contribution is -0.126. The molecule has 0 aromatic carbocycles. The summed E-state index contributed by atoms with van der Waals surface area (Å²) < 4.78 is 0. The zero-order valence-corrected chi connectivity index (χ0v) is 6.55. The van der Waals surface area contributed by atoms with Gasteiger partial charge in [-0.3, -0.25) is 10.2 Å². The van der Waals surface area contributed by atoms with Crippen molar-refractivity contribution in [3.63, 3.8) is 0 Å². The quantitative estimate of drug-likeness (QED) is 0.272. The van der Waals surface area contributed by atoms with Crippen molar-refractivity contribution < 1.29 is 4.79 Å². The van der Waals surface area contributed by atoms with Crippen molar-refractivity contribution in [1.29, 1.82) is 0 Å². The predicted octanol–water partition coefficient (Wildman–Crippen LogP) is -0.506. The van der Waals surface area contributed by atoms with Crippen molar-refractivity contribution in [1.82, 2.24) is 5.43 Å². The molecule has 1 fully saturated rings. The molecular formula is C7H15N3O. The van der Waals surface area contributed by atoms with Gasteiger partial charge in [-0.05, 0) is 12.8 Å². The standard InChI is InChI=1S/C7H15N3O/c8-6-4-2-1-3-5(6)7(11)10-9/h5-6H,1-4,8-9H2,(H,10,11)/t5-,6+/m1/s1. The third-order valence-corrected chi connectivity index (χ3v) is 2.30. The van der Waals surface area contributed by atoms with Gasteiger partial charge in [-0.25, -0.2) is 5.84 Å². The molecule has 1 saturated carbocycles. The van der Waals surface area contributed by atoms with Gasteiger partial charge >= 0.3 is 0 Å². The van der Waals surface area contributed by atoms with Gasteiger partial charge in [0.15, 0.2) is 0 Å². The summed E-state index contributed by atoms with van der Waals surface area (Å²) in [7, 11) is 0. The van der Waals surface area contributed by atoms with E-state index in [1.807, 2.05) is 0 Å². The number of hydrogen-bond acceptors (Lipinski definition) is 3. The molecule has 0 unspecified atom stereocenters. The molecule has 2 atom stereocenters. The highest BCUT2D eigenvalue weighted by Gasteiger charge is 2.27. The van der Waals surface area contributed by atoms with Gasteiger partial charge in [0.05, 0.1) is 5.92 Å². The smallest absolute Gasteiger partial charge is 0.238 e. The molecule has 0 aromatic rings. The molecule has 0 heterocycles. The van der Waals surface area contributed by atoms with Gasteiger partial charge in [0.25, 0.3) is 0 Å². The predicted molar refractivity (Wildman–Crippen MR) is 42.3 cm³/mol. The van der Waals surface area contributed by atoms with Crippen LogP contribution >= 0.6 is 0 Å². The molecule has 0 aromatic heterocycles. The van der Waals surface area contributed by atoms with Gasteiger partial charge < -0.3 is 5.73 Å². The SMILES string of the molecule is NNC(=O)[C@@H]1CCCC[C@@H]1N. The molecule has 1 rings (SSSR count). The number of nitrogens with one attached hydrogen (secondary N) is 1. The molecule has 0 bridgehead atoms. The van der Waals surface area contributed by atoms with Gasteiger partial charge in [-0.2, -0.15) is 0 Å². The van der Waals surface area contributed by atoms with E-state index in [0.717, 1.165) is 25.7 Å². The first kappa shape index (κ1) is 8.49. The van der Waals surface area contributed by atoms with E-state index in [-0.39, 0.29) is 17.9 Å². The lowest BCUT2D eigenvalue weighted by atomic mass is 9.85. The van der Waals surface area contributed by atoms with E-state index >= 15 is 0 Å². The third kappa shape index (κ3) is 1.91. The van der Waals surface area contributed by atoms with Crippen molar-refractivity contribution in [3.05, 3.63) is 0 Å². The minimum atomic E-state index is -0.114. The largest absolute Gasteiger partial charge is 0.327 e. The second kappa shape index (κ2) is 3.69.